The van der Waals surface area contributed by atoms with E-state index in [1.54, 1.807) is 6.08 Å². The van der Waals surface area contributed by atoms with Crippen LogP contribution in [0.1, 0.15) is 129 Å². The molecule has 0 bridgehead atoms. The Hall–Kier alpha value is -1.54. The number of carbonyl (C=O) groups is 1. The van der Waals surface area contributed by atoms with Gasteiger partial charge in [-0.25, -0.2) is 4.57 Å². The molecule has 0 heterocycles. The molecule has 8 nitrogen and oxygen atoms in total. The van der Waals surface area contributed by atoms with Crippen molar-refractivity contribution in [3.8, 4) is 0 Å². The Morgan fingerprint density at radius 3 is 1.87 bits per heavy atom. The van der Waals surface area contributed by atoms with Crippen molar-refractivity contribution in [3.63, 3.8) is 0 Å². The SMILES string of the molecule is C/C=C/CC/C=C/CC/C=C/C(O)C(COP(=O)(O)OCC[N+](C)(C)C)NC(=O)CCCCCCCCC/C=C\CCCCCC. The number of aliphatic hydroxyl groups is 1. The van der Waals surface area contributed by atoms with Gasteiger partial charge in [0.2, 0.25) is 5.91 Å². The molecule has 268 valence electrons. The second-order valence-corrected chi connectivity index (χ2v) is 14.7. The molecule has 9 heteroatoms. The number of aliphatic hydroxyl groups excluding tert-OH is 1. The molecule has 0 aliphatic carbocycles. The summed E-state index contributed by atoms with van der Waals surface area (Å²) < 4.78 is 23.3. The molecular weight excluding hydrogens is 599 g/mol. The summed E-state index contributed by atoms with van der Waals surface area (Å²) in [6.45, 7) is 4.50. The quantitative estimate of drug-likeness (QED) is 0.0295. The van der Waals surface area contributed by atoms with Crippen LogP contribution in [0.2, 0.25) is 0 Å². The number of nitrogens with one attached hydrogen (secondary N) is 1. The van der Waals surface area contributed by atoms with Gasteiger partial charge in [0, 0.05) is 6.42 Å². The number of allylic oxidation sites excluding steroid dienone is 7. The first-order chi connectivity index (χ1) is 22.0. The number of quaternary nitrogens is 1. The van der Waals surface area contributed by atoms with Gasteiger partial charge >= 0.3 is 7.82 Å². The zero-order valence-electron chi connectivity index (χ0n) is 30.0. The van der Waals surface area contributed by atoms with Crippen molar-refractivity contribution < 1.29 is 32.9 Å². The minimum atomic E-state index is -4.34. The van der Waals surface area contributed by atoms with Gasteiger partial charge in [0.05, 0.1) is 39.9 Å². The first kappa shape index (κ1) is 44.5. The predicted octanol–water partition coefficient (Wildman–Crippen LogP) is 8.96. The van der Waals surface area contributed by atoms with Crippen LogP contribution in [0.5, 0.6) is 0 Å². The predicted molar refractivity (Wildman–Crippen MR) is 194 cm³/mol. The lowest BCUT2D eigenvalue weighted by Gasteiger charge is -2.25. The van der Waals surface area contributed by atoms with Gasteiger partial charge in [-0.05, 0) is 64.7 Å². The second-order valence-electron chi connectivity index (χ2n) is 13.2. The Balaban J connectivity index is 4.55. The Morgan fingerprint density at radius 2 is 1.28 bits per heavy atom. The molecule has 0 aromatic heterocycles. The molecule has 3 unspecified atom stereocenters. The third kappa shape index (κ3) is 31.1. The Kier molecular flexibility index (Phi) is 28.6. The van der Waals surface area contributed by atoms with Crippen LogP contribution in [0.3, 0.4) is 0 Å². The van der Waals surface area contributed by atoms with E-state index in [9.17, 15) is 19.4 Å². The molecule has 0 rings (SSSR count). The van der Waals surface area contributed by atoms with Crippen LogP contribution in [0.4, 0.5) is 0 Å². The number of rotatable bonds is 31. The number of hydrogen-bond donors (Lipinski definition) is 3. The molecule has 0 aliphatic rings. The summed E-state index contributed by atoms with van der Waals surface area (Å²) in [5, 5.41) is 13.6. The summed E-state index contributed by atoms with van der Waals surface area (Å²) in [5.74, 6) is -0.203. The standard InChI is InChI=1S/C37H69N2O6P/c1-6-8-10-12-14-16-17-18-19-20-21-23-25-27-29-31-37(41)38-35(34-45-46(42,43)44-33-32-39(3,4)5)36(40)30-28-26-24-22-15-13-11-9-7-2/h7,9,15-17,22,28,30,35-36,40H,6,8,10-14,18-21,23-27,29,31-34H2,1-5H3,(H-,38,41,42,43)/p+1/b9-7+,17-16-,22-15+,30-28+. The normalized spacial score (nSPS) is 15.4. The maximum absolute atomic E-state index is 12.7. The van der Waals surface area contributed by atoms with Crippen LogP contribution in [0.15, 0.2) is 48.6 Å². The van der Waals surface area contributed by atoms with Crippen molar-refractivity contribution in [2.45, 2.75) is 142 Å². The van der Waals surface area contributed by atoms with Crippen molar-refractivity contribution in [2.24, 2.45) is 0 Å². The number of unbranched alkanes of at least 4 members (excludes halogenated alkanes) is 13. The van der Waals surface area contributed by atoms with Crippen molar-refractivity contribution in [1.82, 2.24) is 5.32 Å². The molecule has 3 N–H and O–H groups in total. The van der Waals surface area contributed by atoms with E-state index >= 15 is 0 Å². The van der Waals surface area contributed by atoms with E-state index in [-0.39, 0.29) is 19.1 Å². The fraction of sp³-hybridized carbons (Fsp3) is 0.757. The first-order valence-electron chi connectivity index (χ1n) is 18.0. The molecule has 0 saturated heterocycles. The summed E-state index contributed by atoms with van der Waals surface area (Å²) in [4.78, 5) is 22.9. The molecule has 0 aromatic rings. The molecule has 3 atom stereocenters. The molecule has 1 amide bonds. The number of amides is 1. The number of phosphoric ester groups is 1. The maximum atomic E-state index is 12.7. The van der Waals surface area contributed by atoms with Crippen LogP contribution >= 0.6 is 7.82 Å². The van der Waals surface area contributed by atoms with Gasteiger partial charge in [-0.3, -0.25) is 13.8 Å². The van der Waals surface area contributed by atoms with E-state index in [2.05, 4.69) is 42.6 Å². The zero-order valence-corrected chi connectivity index (χ0v) is 30.9. The van der Waals surface area contributed by atoms with Gasteiger partial charge in [0.1, 0.15) is 13.2 Å². The number of likely N-dealkylation sites (N-methyl/N-ethyl adjacent to an activating group) is 1. The van der Waals surface area contributed by atoms with Gasteiger partial charge in [0.15, 0.2) is 0 Å². The minimum absolute atomic E-state index is 0.0508. The molecule has 0 radical (unpaired) electrons. The summed E-state index contributed by atoms with van der Waals surface area (Å²) in [5.41, 5.74) is 0. The monoisotopic (exact) mass is 669 g/mol. The molecule has 46 heavy (non-hydrogen) atoms. The molecule has 0 spiro atoms. The van der Waals surface area contributed by atoms with E-state index < -0.39 is 20.0 Å². The fourth-order valence-electron chi connectivity index (χ4n) is 4.66. The first-order valence-corrected chi connectivity index (χ1v) is 19.5. The molecular formula is C37H70N2O6P+. The smallest absolute Gasteiger partial charge is 0.387 e. The highest BCUT2D eigenvalue weighted by Gasteiger charge is 2.27. The summed E-state index contributed by atoms with van der Waals surface area (Å²) >= 11 is 0. The summed E-state index contributed by atoms with van der Waals surface area (Å²) in [6, 6.07) is -0.868. The Bertz CT molecular complexity index is 897. The fourth-order valence-corrected chi connectivity index (χ4v) is 5.40. The van der Waals surface area contributed by atoms with E-state index in [1.165, 1.54) is 64.2 Å². The zero-order chi connectivity index (χ0) is 34.4. The maximum Gasteiger partial charge on any atom is 0.472 e. The third-order valence-electron chi connectivity index (χ3n) is 7.59. The van der Waals surface area contributed by atoms with Crippen LogP contribution in [-0.4, -0.2) is 73.4 Å². The second kappa shape index (κ2) is 29.6. The van der Waals surface area contributed by atoms with Crippen molar-refractivity contribution in [1.29, 1.82) is 0 Å². The van der Waals surface area contributed by atoms with Crippen LogP contribution in [-0.2, 0) is 18.4 Å². The highest BCUT2D eigenvalue weighted by atomic mass is 31.2. The Labute approximate surface area is 282 Å². The van der Waals surface area contributed by atoms with Crippen LogP contribution < -0.4 is 5.32 Å². The third-order valence-corrected chi connectivity index (χ3v) is 8.58. The lowest BCUT2D eigenvalue weighted by Crippen LogP contribution is -2.45. The Morgan fingerprint density at radius 1 is 0.761 bits per heavy atom. The lowest BCUT2D eigenvalue weighted by atomic mass is 10.1. The summed E-state index contributed by atoms with van der Waals surface area (Å²) in [7, 11) is 1.53. The molecule has 0 fully saturated rings. The number of phosphoric acid groups is 1. The minimum Gasteiger partial charge on any atom is -0.387 e. The van der Waals surface area contributed by atoms with Crippen molar-refractivity contribution in [2.75, 3.05) is 40.9 Å². The van der Waals surface area contributed by atoms with E-state index in [0.29, 0.717) is 17.4 Å². The van der Waals surface area contributed by atoms with E-state index in [1.807, 2.05) is 40.2 Å². The highest BCUT2D eigenvalue weighted by Crippen LogP contribution is 2.43. The topological polar surface area (TPSA) is 105 Å². The average Bonchev–Trinajstić information content (AvgIpc) is 2.99. The average molecular weight is 670 g/mol. The van der Waals surface area contributed by atoms with Gasteiger partial charge in [0.25, 0.3) is 0 Å². The van der Waals surface area contributed by atoms with Gasteiger partial charge < -0.3 is 19.8 Å². The number of hydrogen-bond acceptors (Lipinski definition) is 5. The van der Waals surface area contributed by atoms with Crippen LogP contribution in [0.25, 0.3) is 0 Å². The van der Waals surface area contributed by atoms with Gasteiger partial charge in [-0.1, -0.05) is 107 Å². The van der Waals surface area contributed by atoms with Gasteiger partial charge in [-0.15, -0.1) is 0 Å². The van der Waals surface area contributed by atoms with Crippen LogP contribution in [0, 0.1) is 0 Å². The highest BCUT2D eigenvalue weighted by molar-refractivity contribution is 7.47. The van der Waals surface area contributed by atoms with Crippen molar-refractivity contribution in [3.05, 3.63) is 48.6 Å². The molecule has 0 aliphatic heterocycles. The lowest BCUT2D eigenvalue weighted by molar-refractivity contribution is -0.870. The van der Waals surface area contributed by atoms with Gasteiger partial charge in [-0.2, -0.15) is 0 Å². The number of carbonyl (C=O) groups excluding carboxylic acids is 1. The summed E-state index contributed by atoms with van der Waals surface area (Å²) in [6.07, 6.45) is 34.8. The molecule has 0 aromatic carbocycles. The van der Waals surface area contributed by atoms with Crippen molar-refractivity contribution >= 4 is 13.7 Å². The number of nitrogens with zero attached hydrogens (tertiary/aromatic N) is 1. The van der Waals surface area contributed by atoms with E-state index in [4.69, 9.17) is 9.05 Å². The van der Waals surface area contributed by atoms with E-state index in [0.717, 1.165) is 44.9 Å². The molecule has 0 saturated carbocycles. The largest absolute Gasteiger partial charge is 0.472 e.